The molecular weight excluding hydrogens is 594 g/mol. The molecule has 0 radical (unpaired) electrons. The van der Waals surface area contributed by atoms with Gasteiger partial charge in [-0.1, -0.05) is 22.0 Å². The normalized spacial score (nSPS) is 23.3. The van der Waals surface area contributed by atoms with E-state index in [4.69, 9.17) is 4.55 Å². The lowest BCUT2D eigenvalue weighted by atomic mass is 9.90. The Morgan fingerprint density at radius 1 is 1.26 bits per heavy atom. The van der Waals surface area contributed by atoms with Gasteiger partial charge in [-0.05, 0) is 61.1 Å². The third-order valence-electron chi connectivity index (χ3n) is 7.14. The lowest BCUT2D eigenvalue weighted by molar-refractivity contribution is 0.104. The highest BCUT2D eigenvalue weighted by Gasteiger charge is 2.34. The number of fused-ring (bicyclic) bond motifs is 1. The summed E-state index contributed by atoms with van der Waals surface area (Å²) in [5, 5.41) is 17.2. The van der Waals surface area contributed by atoms with Crippen LogP contribution in [0.25, 0.3) is 0 Å². The molecule has 3 aromatic rings. The number of aliphatic hydroxyl groups excluding tert-OH is 1. The topological polar surface area (TPSA) is 154 Å². The molecule has 3 heterocycles. The van der Waals surface area contributed by atoms with Gasteiger partial charge in [0.1, 0.15) is 12.1 Å². The van der Waals surface area contributed by atoms with Crippen LogP contribution in [-0.2, 0) is 16.7 Å². The zero-order valence-electron chi connectivity index (χ0n) is 20.5. The van der Waals surface area contributed by atoms with Crippen LogP contribution < -0.4 is 15.4 Å². The van der Waals surface area contributed by atoms with Gasteiger partial charge in [0.05, 0.1) is 22.6 Å². The van der Waals surface area contributed by atoms with Gasteiger partial charge in [0.25, 0.3) is 0 Å². The Morgan fingerprint density at radius 3 is 2.87 bits per heavy atom. The first-order valence-electron chi connectivity index (χ1n) is 12.2. The van der Waals surface area contributed by atoms with E-state index in [1.165, 1.54) is 35.0 Å². The number of hydrogen-bond acceptors (Lipinski definition) is 9. The number of aliphatic hydroxyl groups is 1. The van der Waals surface area contributed by atoms with E-state index in [2.05, 4.69) is 54.7 Å². The molecule has 2 aliphatic rings. The van der Waals surface area contributed by atoms with Crippen molar-refractivity contribution in [2.24, 2.45) is 5.92 Å². The Kier molecular flexibility index (Phi) is 7.96. The number of anilines is 1. The van der Waals surface area contributed by atoms with E-state index in [1.54, 1.807) is 0 Å². The standard InChI is InChI=1S/C25H28BrN5O5S2/c1-13-18(23-19-7-16(26)3-2-14(19)4-5-28-23)9-22(37-13)24(33)20-11-27-12-29-25(20)31-17-6-15(21(32)8-17)10-30-38(34,35)36/h2-3,7,9,11-12,15,17,21,23,28,30,32H,4-6,8,10H2,1H3,(H,27,29,31)(H,34,35,36)/t15-,17-,21+,23+/m1/s1. The van der Waals surface area contributed by atoms with E-state index >= 15 is 0 Å². The predicted octanol–water partition coefficient (Wildman–Crippen LogP) is 3.02. The number of ketones is 1. The molecule has 4 atom stereocenters. The molecule has 1 fully saturated rings. The highest BCUT2D eigenvalue weighted by atomic mass is 79.9. The second-order valence-corrected chi connectivity index (χ2v) is 13.1. The summed E-state index contributed by atoms with van der Waals surface area (Å²) in [4.78, 5) is 23.6. The van der Waals surface area contributed by atoms with Crippen LogP contribution in [0.3, 0.4) is 0 Å². The number of halogens is 1. The Hall–Kier alpha value is -2.26. The van der Waals surface area contributed by atoms with Gasteiger partial charge >= 0.3 is 10.3 Å². The van der Waals surface area contributed by atoms with Crippen LogP contribution in [-0.4, -0.2) is 59.1 Å². The quantitative estimate of drug-likeness (QED) is 0.189. The number of aryl methyl sites for hydroxylation is 1. The Labute approximate surface area is 233 Å². The Morgan fingerprint density at radius 2 is 2.08 bits per heavy atom. The maximum Gasteiger partial charge on any atom is 0.333 e. The minimum atomic E-state index is -4.34. The molecule has 0 spiro atoms. The largest absolute Gasteiger partial charge is 0.393 e. The van der Waals surface area contributed by atoms with Crippen LogP contribution in [0.1, 0.15) is 55.7 Å². The molecule has 0 unspecified atom stereocenters. The Balaban J connectivity index is 1.35. The molecule has 1 aliphatic carbocycles. The average molecular weight is 623 g/mol. The zero-order chi connectivity index (χ0) is 27.0. The van der Waals surface area contributed by atoms with Gasteiger partial charge in [0.2, 0.25) is 5.78 Å². The molecule has 1 aliphatic heterocycles. The van der Waals surface area contributed by atoms with Gasteiger partial charge in [-0.3, -0.25) is 9.35 Å². The van der Waals surface area contributed by atoms with Gasteiger partial charge in [-0.15, -0.1) is 11.3 Å². The minimum absolute atomic E-state index is 0.00748. The maximum absolute atomic E-state index is 13.6. The van der Waals surface area contributed by atoms with E-state index in [1.807, 2.05) is 17.7 Å². The van der Waals surface area contributed by atoms with Crippen molar-refractivity contribution in [2.45, 2.75) is 44.4 Å². The van der Waals surface area contributed by atoms with E-state index < -0.39 is 16.4 Å². The molecular formula is C25H28BrN5O5S2. The zero-order valence-corrected chi connectivity index (χ0v) is 23.7. The molecule has 13 heteroatoms. The molecule has 0 saturated heterocycles. The summed E-state index contributed by atoms with van der Waals surface area (Å²) in [5.74, 6) is -0.215. The molecule has 10 nitrogen and oxygen atoms in total. The minimum Gasteiger partial charge on any atom is -0.393 e. The fraction of sp³-hybridized carbons (Fsp3) is 0.400. The summed E-state index contributed by atoms with van der Waals surface area (Å²) in [6.07, 6.45) is 3.81. The van der Waals surface area contributed by atoms with E-state index in [0.29, 0.717) is 29.1 Å². The fourth-order valence-corrected chi connectivity index (χ4v) is 7.10. The van der Waals surface area contributed by atoms with Crippen molar-refractivity contribution in [1.82, 2.24) is 20.0 Å². The number of carbonyl (C=O) groups excluding carboxylic acids is 1. The smallest absolute Gasteiger partial charge is 0.333 e. The molecule has 0 amide bonds. The van der Waals surface area contributed by atoms with Gasteiger partial charge in [-0.25, -0.2) is 9.97 Å². The van der Waals surface area contributed by atoms with Crippen LogP contribution in [0.4, 0.5) is 5.82 Å². The summed E-state index contributed by atoms with van der Waals surface area (Å²) in [7, 11) is -4.34. The average Bonchev–Trinajstić information content (AvgIpc) is 3.43. The van der Waals surface area contributed by atoms with Crippen LogP contribution >= 0.6 is 27.3 Å². The highest BCUT2D eigenvalue weighted by Crippen LogP contribution is 2.37. The van der Waals surface area contributed by atoms with Crippen LogP contribution in [0.2, 0.25) is 0 Å². The number of aromatic nitrogens is 2. The van der Waals surface area contributed by atoms with Crippen molar-refractivity contribution in [2.75, 3.05) is 18.4 Å². The second-order valence-electron chi connectivity index (χ2n) is 9.68. The summed E-state index contributed by atoms with van der Waals surface area (Å²) >= 11 is 5.02. The van der Waals surface area contributed by atoms with Gasteiger partial charge in [0, 0.05) is 40.6 Å². The number of carbonyl (C=O) groups is 1. The molecule has 0 bridgehead atoms. The third kappa shape index (κ3) is 5.98. The molecule has 38 heavy (non-hydrogen) atoms. The first-order chi connectivity index (χ1) is 18.1. The first-order valence-corrected chi connectivity index (χ1v) is 15.3. The van der Waals surface area contributed by atoms with Crippen molar-refractivity contribution in [3.63, 3.8) is 0 Å². The Bertz CT molecular complexity index is 1460. The summed E-state index contributed by atoms with van der Waals surface area (Å²) < 4.78 is 34.0. The number of hydrogen-bond donors (Lipinski definition) is 5. The van der Waals surface area contributed by atoms with Crippen molar-refractivity contribution in [1.29, 1.82) is 0 Å². The van der Waals surface area contributed by atoms with Crippen molar-refractivity contribution >= 4 is 49.2 Å². The number of benzene rings is 1. The van der Waals surface area contributed by atoms with E-state index in [-0.39, 0.29) is 30.3 Å². The fourth-order valence-electron chi connectivity index (χ4n) is 5.28. The first kappa shape index (κ1) is 27.3. The number of rotatable bonds is 8. The number of nitrogens with zero attached hydrogens (tertiary/aromatic N) is 2. The second kappa shape index (κ2) is 11.1. The highest BCUT2D eigenvalue weighted by molar-refractivity contribution is 9.10. The molecule has 202 valence electrons. The van der Waals surface area contributed by atoms with Crippen LogP contribution in [0.5, 0.6) is 0 Å². The summed E-state index contributed by atoms with van der Waals surface area (Å²) in [6.45, 7) is 2.79. The van der Waals surface area contributed by atoms with E-state index in [9.17, 15) is 18.3 Å². The van der Waals surface area contributed by atoms with Gasteiger partial charge < -0.3 is 15.7 Å². The van der Waals surface area contributed by atoms with Crippen molar-refractivity contribution in [3.8, 4) is 0 Å². The molecule has 1 saturated carbocycles. The van der Waals surface area contributed by atoms with Crippen LogP contribution in [0.15, 0.2) is 41.3 Å². The molecule has 5 N–H and O–H groups in total. The predicted molar refractivity (Wildman–Crippen MR) is 148 cm³/mol. The number of nitrogens with one attached hydrogen (secondary N) is 3. The lowest BCUT2D eigenvalue weighted by Gasteiger charge is -2.27. The molecule has 5 rings (SSSR count). The summed E-state index contributed by atoms with van der Waals surface area (Å²) in [5.41, 5.74) is 3.89. The summed E-state index contributed by atoms with van der Waals surface area (Å²) in [6, 6.07) is 8.03. The van der Waals surface area contributed by atoms with Crippen LogP contribution in [0, 0.1) is 12.8 Å². The number of thiophene rings is 1. The third-order valence-corrected chi connectivity index (χ3v) is 9.23. The monoisotopic (exact) mass is 621 g/mol. The molecule has 2 aromatic heterocycles. The maximum atomic E-state index is 13.6. The van der Waals surface area contributed by atoms with Crippen molar-refractivity contribution < 1.29 is 22.9 Å². The van der Waals surface area contributed by atoms with Gasteiger partial charge in [0.15, 0.2) is 0 Å². The lowest BCUT2D eigenvalue weighted by Crippen LogP contribution is -2.32. The molecule has 1 aromatic carbocycles. The SMILES string of the molecule is Cc1sc(C(=O)c2cncnc2N[C@@H]2C[C@H](CNS(=O)(=O)O)[C@@H](O)C2)cc1[C@@H]1NCCc2ccc(Br)cc21. The van der Waals surface area contributed by atoms with E-state index in [0.717, 1.165) is 27.9 Å². The van der Waals surface area contributed by atoms with Crippen molar-refractivity contribution in [3.05, 3.63) is 73.3 Å². The van der Waals surface area contributed by atoms with Gasteiger partial charge in [-0.2, -0.15) is 13.1 Å².